The molecule has 0 aliphatic carbocycles. The van der Waals surface area contributed by atoms with E-state index in [-0.39, 0.29) is 5.91 Å². The van der Waals surface area contributed by atoms with Gasteiger partial charge in [0.2, 0.25) is 0 Å². The van der Waals surface area contributed by atoms with E-state index < -0.39 is 0 Å². The Bertz CT molecular complexity index is 1200. The molecule has 0 atom stereocenters. The summed E-state index contributed by atoms with van der Waals surface area (Å²) in [6, 6.07) is 16.9. The number of thiocarbonyl (C=S) groups is 1. The Hall–Kier alpha value is -2.87. The molecule has 0 spiro atoms. The number of amides is 1. The maximum absolute atomic E-state index is 13.0. The van der Waals surface area contributed by atoms with Crippen LogP contribution in [0.4, 0.5) is 0 Å². The number of hydrogen-bond donors (Lipinski definition) is 0. The number of carbonyl (C=O) groups excluding carboxylic acids is 1. The first-order valence-electron chi connectivity index (χ1n) is 10.3. The monoisotopic (exact) mass is 496 g/mol. The van der Waals surface area contributed by atoms with Crippen molar-refractivity contribution in [3.8, 4) is 11.5 Å². The van der Waals surface area contributed by atoms with Crippen LogP contribution in [0.3, 0.4) is 0 Å². The molecule has 0 saturated carbocycles. The summed E-state index contributed by atoms with van der Waals surface area (Å²) in [6.07, 6.45) is 5.26. The third kappa shape index (κ3) is 5.93. The molecule has 1 fully saturated rings. The van der Waals surface area contributed by atoms with E-state index in [9.17, 15) is 4.79 Å². The number of aromatic nitrogens is 1. The molecule has 0 bridgehead atoms. The molecule has 1 aromatic heterocycles. The number of halogens is 1. The molecule has 0 N–H and O–H groups in total. The lowest BCUT2D eigenvalue weighted by molar-refractivity contribution is -0.122. The normalized spacial score (nSPS) is 14.7. The lowest BCUT2D eigenvalue weighted by Crippen LogP contribution is -2.27. The summed E-state index contributed by atoms with van der Waals surface area (Å²) in [4.78, 5) is 19.2. The first-order valence-corrected chi connectivity index (χ1v) is 11.9. The fraction of sp³-hybridized carbons (Fsp3) is 0.160. The number of benzene rings is 2. The van der Waals surface area contributed by atoms with Crippen molar-refractivity contribution < 1.29 is 14.3 Å². The summed E-state index contributed by atoms with van der Waals surface area (Å²) in [7, 11) is 0. The number of pyridine rings is 1. The van der Waals surface area contributed by atoms with Crippen LogP contribution in [0.15, 0.2) is 71.9 Å². The van der Waals surface area contributed by atoms with Gasteiger partial charge in [0, 0.05) is 17.4 Å². The predicted octanol–water partition coefficient (Wildman–Crippen LogP) is 6.11. The van der Waals surface area contributed by atoms with Crippen molar-refractivity contribution >= 4 is 51.9 Å². The summed E-state index contributed by atoms with van der Waals surface area (Å²) in [5.41, 5.74) is 2.72. The molecule has 33 heavy (non-hydrogen) atoms. The Labute approximate surface area is 207 Å². The highest BCUT2D eigenvalue weighted by Crippen LogP contribution is 2.35. The van der Waals surface area contributed by atoms with Gasteiger partial charge in [-0.2, -0.15) is 0 Å². The zero-order chi connectivity index (χ0) is 23.2. The van der Waals surface area contributed by atoms with Gasteiger partial charge in [0.1, 0.15) is 10.9 Å². The SMILES string of the molecule is CCOc1cc(C=C2SC(=S)N(Cc3cccnc3)C2=O)ccc1OCc1cccc(Cl)c1. The van der Waals surface area contributed by atoms with E-state index in [1.165, 1.54) is 11.8 Å². The molecule has 8 heteroatoms. The quantitative estimate of drug-likeness (QED) is 0.277. The van der Waals surface area contributed by atoms with Gasteiger partial charge >= 0.3 is 0 Å². The summed E-state index contributed by atoms with van der Waals surface area (Å²) >= 11 is 12.8. The van der Waals surface area contributed by atoms with E-state index in [0.717, 1.165) is 16.7 Å². The van der Waals surface area contributed by atoms with Crippen LogP contribution in [0.25, 0.3) is 6.08 Å². The van der Waals surface area contributed by atoms with E-state index >= 15 is 0 Å². The van der Waals surface area contributed by atoms with Gasteiger partial charge in [0.05, 0.1) is 18.1 Å². The maximum atomic E-state index is 13.0. The maximum Gasteiger partial charge on any atom is 0.266 e. The Morgan fingerprint density at radius 3 is 2.70 bits per heavy atom. The average molecular weight is 497 g/mol. The van der Waals surface area contributed by atoms with Crippen molar-refractivity contribution in [2.45, 2.75) is 20.1 Å². The molecule has 2 heterocycles. The van der Waals surface area contributed by atoms with Gasteiger partial charge in [0.25, 0.3) is 5.91 Å². The molecule has 4 rings (SSSR count). The summed E-state index contributed by atoms with van der Waals surface area (Å²) < 4.78 is 12.3. The van der Waals surface area contributed by atoms with E-state index in [0.29, 0.717) is 45.5 Å². The highest BCUT2D eigenvalue weighted by atomic mass is 35.5. The molecule has 0 radical (unpaired) electrons. The Kier molecular flexibility index (Phi) is 7.65. The minimum absolute atomic E-state index is 0.118. The third-order valence-electron chi connectivity index (χ3n) is 4.79. The van der Waals surface area contributed by atoms with Crippen molar-refractivity contribution in [1.29, 1.82) is 0 Å². The number of hydrogen-bond acceptors (Lipinski definition) is 6. The Morgan fingerprint density at radius 2 is 1.94 bits per heavy atom. The van der Waals surface area contributed by atoms with E-state index in [2.05, 4.69) is 4.98 Å². The van der Waals surface area contributed by atoms with Crippen molar-refractivity contribution in [3.63, 3.8) is 0 Å². The number of ether oxygens (including phenoxy) is 2. The van der Waals surface area contributed by atoms with Crippen molar-refractivity contribution in [2.24, 2.45) is 0 Å². The minimum atomic E-state index is -0.118. The first kappa shape index (κ1) is 23.3. The molecule has 1 aliphatic rings. The number of thioether (sulfide) groups is 1. The van der Waals surface area contributed by atoms with Gasteiger partial charge in [-0.1, -0.05) is 59.8 Å². The zero-order valence-corrected chi connectivity index (χ0v) is 20.3. The highest BCUT2D eigenvalue weighted by molar-refractivity contribution is 8.26. The summed E-state index contributed by atoms with van der Waals surface area (Å²) in [6.45, 7) is 3.17. The summed E-state index contributed by atoms with van der Waals surface area (Å²) in [5, 5.41) is 0.664. The van der Waals surface area contributed by atoms with Gasteiger partial charge in [-0.25, -0.2) is 0 Å². The van der Waals surface area contributed by atoms with Crippen LogP contribution in [-0.2, 0) is 17.9 Å². The predicted molar refractivity (Wildman–Crippen MR) is 136 cm³/mol. The van der Waals surface area contributed by atoms with E-state index in [4.69, 9.17) is 33.3 Å². The van der Waals surface area contributed by atoms with Crippen LogP contribution in [-0.4, -0.2) is 26.7 Å². The molecule has 168 valence electrons. The van der Waals surface area contributed by atoms with Gasteiger partial charge in [0.15, 0.2) is 11.5 Å². The van der Waals surface area contributed by atoms with Crippen LogP contribution in [0.5, 0.6) is 11.5 Å². The number of nitrogens with zero attached hydrogens (tertiary/aromatic N) is 2. The molecule has 5 nitrogen and oxygen atoms in total. The third-order valence-corrected chi connectivity index (χ3v) is 6.40. The first-order chi connectivity index (χ1) is 16.0. The highest BCUT2D eigenvalue weighted by Gasteiger charge is 2.32. The second kappa shape index (κ2) is 10.8. The van der Waals surface area contributed by atoms with Gasteiger partial charge in [-0.05, 0) is 60.0 Å². The molecule has 1 saturated heterocycles. The number of rotatable bonds is 8. The van der Waals surface area contributed by atoms with Crippen molar-refractivity contribution in [2.75, 3.05) is 6.61 Å². The standard InChI is InChI=1S/C25H21ClN2O3S2/c1-2-30-22-12-17(8-9-21(22)31-16-18-5-3-7-20(26)11-18)13-23-24(29)28(25(32)33-23)15-19-6-4-10-27-14-19/h3-14H,2,15-16H2,1H3. The Balaban J connectivity index is 1.50. The van der Waals surface area contributed by atoms with Crippen molar-refractivity contribution in [1.82, 2.24) is 9.88 Å². The molecule has 1 aliphatic heterocycles. The van der Waals surface area contributed by atoms with Crippen LogP contribution in [0.1, 0.15) is 23.6 Å². The number of carbonyl (C=O) groups is 1. The topological polar surface area (TPSA) is 51.7 Å². The van der Waals surface area contributed by atoms with Gasteiger partial charge in [-0.15, -0.1) is 0 Å². The van der Waals surface area contributed by atoms with Crippen LogP contribution < -0.4 is 9.47 Å². The second-order valence-electron chi connectivity index (χ2n) is 7.19. The molecular weight excluding hydrogens is 476 g/mol. The second-order valence-corrected chi connectivity index (χ2v) is 9.30. The lowest BCUT2D eigenvalue weighted by Gasteiger charge is -2.14. The fourth-order valence-electron chi connectivity index (χ4n) is 3.25. The molecular formula is C25H21ClN2O3S2. The molecule has 2 aromatic carbocycles. The van der Waals surface area contributed by atoms with E-state index in [1.54, 1.807) is 17.3 Å². The zero-order valence-electron chi connectivity index (χ0n) is 17.9. The smallest absolute Gasteiger partial charge is 0.266 e. The molecule has 0 unspecified atom stereocenters. The fourth-order valence-corrected chi connectivity index (χ4v) is 4.72. The minimum Gasteiger partial charge on any atom is -0.490 e. The lowest BCUT2D eigenvalue weighted by atomic mass is 10.1. The van der Waals surface area contributed by atoms with Crippen LogP contribution >= 0.6 is 35.6 Å². The van der Waals surface area contributed by atoms with E-state index in [1.807, 2.05) is 67.6 Å². The largest absolute Gasteiger partial charge is 0.490 e. The molecule has 3 aromatic rings. The summed E-state index contributed by atoms with van der Waals surface area (Å²) in [5.74, 6) is 1.12. The average Bonchev–Trinajstić information content (AvgIpc) is 3.07. The Morgan fingerprint density at radius 1 is 1.09 bits per heavy atom. The van der Waals surface area contributed by atoms with Crippen LogP contribution in [0, 0.1) is 0 Å². The van der Waals surface area contributed by atoms with Gasteiger partial charge in [-0.3, -0.25) is 14.7 Å². The van der Waals surface area contributed by atoms with Crippen molar-refractivity contribution in [3.05, 3.63) is 93.6 Å². The van der Waals surface area contributed by atoms with Gasteiger partial charge < -0.3 is 9.47 Å². The molecule has 1 amide bonds. The van der Waals surface area contributed by atoms with Crippen LogP contribution in [0.2, 0.25) is 5.02 Å².